The lowest BCUT2D eigenvalue weighted by atomic mass is 10.9. The highest BCUT2D eigenvalue weighted by Gasteiger charge is 2.12. The summed E-state index contributed by atoms with van der Waals surface area (Å²) in [7, 11) is 0. The van der Waals surface area contributed by atoms with Crippen LogP contribution in [0.4, 0.5) is 0 Å². The van der Waals surface area contributed by atoms with Gasteiger partial charge in [0.15, 0.2) is 11.5 Å². The van der Waals surface area contributed by atoms with E-state index in [-0.39, 0.29) is 6.79 Å². The average Bonchev–Trinajstić information content (AvgIpc) is 2.50. The highest BCUT2D eigenvalue weighted by atomic mass is 16.8. The number of benzene rings is 1. The zero-order chi connectivity index (χ0) is 7.68. The summed E-state index contributed by atoms with van der Waals surface area (Å²) < 4.78 is 10.1. The summed E-state index contributed by atoms with van der Waals surface area (Å²) in [6.45, 7) is 0.248. The van der Waals surface area contributed by atoms with Crippen molar-refractivity contribution in [2.45, 2.75) is 0 Å². The largest absolute Gasteiger partial charge is 0.454 e. The van der Waals surface area contributed by atoms with Gasteiger partial charge in [0, 0.05) is 5.56 Å². The van der Waals surface area contributed by atoms with Crippen molar-refractivity contribution in [1.29, 1.82) is 0 Å². The van der Waals surface area contributed by atoms with E-state index in [0.717, 1.165) is 6.29 Å². The Labute approximate surface area is 63.5 Å². The van der Waals surface area contributed by atoms with Gasteiger partial charge in [-0.3, -0.25) is 4.79 Å². The third-order valence-corrected chi connectivity index (χ3v) is 1.53. The first-order valence-corrected chi connectivity index (χ1v) is 3.25. The SMILES string of the molecule is O=[13CH][13c]1c[13cH][13c]2[13c]([13cH]1)OCO2. The summed E-state index contributed by atoms with van der Waals surface area (Å²) in [6.07, 6.45) is 0.780. The predicted molar refractivity (Wildman–Crippen MR) is 38.0 cm³/mol. The van der Waals surface area contributed by atoms with Crippen molar-refractivity contribution in [2.24, 2.45) is 0 Å². The minimum atomic E-state index is 0.248. The molecule has 0 saturated carbocycles. The fourth-order valence-electron chi connectivity index (χ4n) is 0.986. The lowest BCUT2D eigenvalue weighted by Crippen LogP contribution is -1.92. The second-order valence-corrected chi connectivity index (χ2v) is 2.23. The van der Waals surface area contributed by atoms with E-state index in [1.54, 1.807) is 18.2 Å². The maximum absolute atomic E-state index is 10.3. The van der Waals surface area contributed by atoms with E-state index >= 15 is 0 Å². The van der Waals surface area contributed by atoms with Crippen LogP contribution in [-0.2, 0) is 0 Å². The van der Waals surface area contributed by atoms with Crippen LogP contribution in [0.15, 0.2) is 18.2 Å². The Morgan fingerprint density at radius 1 is 1.27 bits per heavy atom. The van der Waals surface area contributed by atoms with Crippen LogP contribution in [-0.4, -0.2) is 13.1 Å². The van der Waals surface area contributed by atoms with Gasteiger partial charge in [0.25, 0.3) is 0 Å². The lowest BCUT2D eigenvalue weighted by molar-refractivity contribution is 0.112. The maximum atomic E-state index is 10.3. The van der Waals surface area contributed by atoms with Gasteiger partial charge in [0.2, 0.25) is 6.79 Å². The van der Waals surface area contributed by atoms with Gasteiger partial charge in [-0.05, 0) is 18.2 Å². The summed E-state index contributed by atoms with van der Waals surface area (Å²) in [4.78, 5) is 10.3. The van der Waals surface area contributed by atoms with Crippen LogP contribution in [0, 0.1) is 0 Å². The van der Waals surface area contributed by atoms with Crippen molar-refractivity contribution >= 4 is 6.29 Å². The summed E-state index contributed by atoms with van der Waals surface area (Å²) in [6, 6.07) is 5.09. The highest BCUT2D eigenvalue weighted by Crippen LogP contribution is 2.31. The number of rotatable bonds is 1. The molecule has 0 spiro atoms. The van der Waals surface area contributed by atoms with E-state index in [2.05, 4.69) is 0 Å². The smallest absolute Gasteiger partial charge is 0.231 e. The molecule has 1 heterocycles. The molecule has 0 amide bonds. The molecule has 1 aliphatic heterocycles. The third-order valence-electron chi connectivity index (χ3n) is 1.53. The standard InChI is InChI=1S/C8H6O3/c9-4-6-1-2-7-8(3-6)11-5-10-7/h1-4H,5H2/i2+1,3+1,4+1,6+1,7+1,8+1. The first-order valence-electron chi connectivity index (χ1n) is 3.25. The number of hydrogen-bond acceptors (Lipinski definition) is 3. The van der Waals surface area contributed by atoms with E-state index in [9.17, 15) is 4.79 Å². The summed E-state index contributed by atoms with van der Waals surface area (Å²) >= 11 is 0. The molecule has 0 atom stereocenters. The molecule has 1 aromatic carbocycles. The molecular formula is C8H6O3. The van der Waals surface area contributed by atoms with Gasteiger partial charge in [0.05, 0.1) is 0 Å². The van der Waals surface area contributed by atoms with Crippen LogP contribution in [0.2, 0.25) is 0 Å². The van der Waals surface area contributed by atoms with Gasteiger partial charge in [-0.2, -0.15) is 0 Å². The van der Waals surface area contributed by atoms with Gasteiger partial charge in [-0.15, -0.1) is 0 Å². The summed E-state index contributed by atoms with van der Waals surface area (Å²) in [5, 5.41) is 0. The second-order valence-electron chi connectivity index (χ2n) is 2.23. The van der Waals surface area contributed by atoms with Crippen LogP contribution in [0.25, 0.3) is 0 Å². The first kappa shape index (κ1) is 6.22. The van der Waals surface area contributed by atoms with Crippen molar-refractivity contribution in [3.05, 3.63) is 23.8 Å². The van der Waals surface area contributed by atoms with E-state index < -0.39 is 0 Å². The lowest BCUT2D eigenvalue weighted by Gasteiger charge is -1.94. The first-order chi connectivity index (χ1) is 5.40. The number of carbonyl (C=O) groups is 1. The van der Waals surface area contributed by atoms with Crippen molar-refractivity contribution in [2.75, 3.05) is 6.79 Å². The molecule has 1 aliphatic rings. The molecule has 2 rings (SSSR count). The Hall–Kier alpha value is -1.51. The molecule has 3 heteroatoms. The summed E-state index contributed by atoms with van der Waals surface area (Å²) in [5.74, 6) is 1.35. The average molecular weight is 156 g/mol. The zero-order valence-corrected chi connectivity index (χ0v) is 5.74. The number of carbonyl (C=O) groups excluding carboxylic acids is 1. The summed E-state index contributed by atoms with van der Waals surface area (Å²) in [5.41, 5.74) is 0.606. The molecule has 0 radical (unpaired) electrons. The highest BCUT2D eigenvalue weighted by molar-refractivity contribution is 5.76. The van der Waals surface area contributed by atoms with E-state index in [0.29, 0.717) is 17.1 Å². The maximum Gasteiger partial charge on any atom is 0.231 e. The van der Waals surface area contributed by atoms with Gasteiger partial charge >= 0.3 is 0 Å². The molecule has 0 saturated heterocycles. The number of fused-ring (bicyclic) bond motifs is 1. The van der Waals surface area contributed by atoms with Crippen LogP contribution >= 0.6 is 0 Å². The predicted octanol–water partition coefficient (Wildman–Crippen LogP) is 1.23. The Balaban J connectivity index is 2.48. The fourth-order valence-corrected chi connectivity index (χ4v) is 0.986. The number of aldehydes is 1. The van der Waals surface area contributed by atoms with Crippen molar-refractivity contribution < 1.29 is 14.3 Å². The zero-order valence-electron chi connectivity index (χ0n) is 5.74. The molecule has 0 unspecified atom stereocenters. The Bertz CT molecular complexity index is 293. The molecule has 0 aliphatic carbocycles. The molecule has 56 valence electrons. The third kappa shape index (κ3) is 0.941. The molecule has 0 aromatic heterocycles. The van der Waals surface area contributed by atoms with Gasteiger partial charge in [0.1, 0.15) is 6.29 Å². The van der Waals surface area contributed by atoms with E-state index in [4.69, 9.17) is 9.47 Å². The van der Waals surface area contributed by atoms with E-state index in [1.807, 2.05) is 0 Å². The van der Waals surface area contributed by atoms with Gasteiger partial charge < -0.3 is 9.47 Å². The van der Waals surface area contributed by atoms with Crippen LogP contribution in [0.1, 0.15) is 10.4 Å². The number of ether oxygens (including phenoxy) is 2. The second kappa shape index (κ2) is 2.27. The minimum absolute atomic E-state index is 0.248. The molecule has 11 heavy (non-hydrogen) atoms. The van der Waals surface area contributed by atoms with Gasteiger partial charge in [-0.1, -0.05) is 0 Å². The molecule has 0 fully saturated rings. The fraction of sp³-hybridized carbons (Fsp3) is 0.125. The van der Waals surface area contributed by atoms with Crippen LogP contribution in [0.5, 0.6) is 11.5 Å². The minimum Gasteiger partial charge on any atom is -0.454 e. The normalized spacial score (nSPS) is 13.1. The topological polar surface area (TPSA) is 35.5 Å². The Morgan fingerprint density at radius 2 is 2.09 bits per heavy atom. The van der Waals surface area contributed by atoms with Crippen molar-refractivity contribution in [3.63, 3.8) is 0 Å². The molecule has 0 N–H and O–H groups in total. The Kier molecular flexibility index (Phi) is 1.28. The van der Waals surface area contributed by atoms with Crippen molar-refractivity contribution in [3.8, 4) is 11.5 Å². The molecule has 0 bridgehead atoms. The quantitative estimate of drug-likeness (QED) is 0.453. The Morgan fingerprint density at radius 3 is 2.91 bits per heavy atom. The van der Waals surface area contributed by atoms with E-state index in [1.165, 1.54) is 0 Å². The van der Waals surface area contributed by atoms with Gasteiger partial charge in [-0.25, -0.2) is 0 Å². The molecule has 1 aromatic rings. The monoisotopic (exact) mass is 156 g/mol. The molecule has 3 nitrogen and oxygen atoms in total. The van der Waals surface area contributed by atoms with Crippen LogP contribution < -0.4 is 9.47 Å². The molecular weight excluding hydrogens is 150 g/mol. The number of hydrogen-bond donors (Lipinski definition) is 0. The van der Waals surface area contributed by atoms with Crippen molar-refractivity contribution in [1.82, 2.24) is 0 Å². The van der Waals surface area contributed by atoms with Crippen LogP contribution in [0.3, 0.4) is 0 Å².